The van der Waals surface area contributed by atoms with Crippen LogP contribution < -0.4 is 5.73 Å². The van der Waals surface area contributed by atoms with Crippen LogP contribution in [0.2, 0.25) is 0 Å². The standard InChI is InChI=1S/C13H16FIN2O/c1-17(12(7-16)8-2-3-8)13(18)10-5-4-9(14)6-11(10)15/h4-6,8,12H,2-3,7,16H2,1H3. The maximum atomic E-state index is 13.0. The van der Waals surface area contributed by atoms with E-state index in [1.807, 2.05) is 22.6 Å². The van der Waals surface area contributed by atoms with Gasteiger partial charge in [-0.25, -0.2) is 4.39 Å². The molecule has 3 nitrogen and oxygen atoms in total. The predicted molar refractivity (Wildman–Crippen MR) is 76.8 cm³/mol. The second-order valence-electron chi connectivity index (χ2n) is 4.68. The van der Waals surface area contributed by atoms with Gasteiger partial charge in [0, 0.05) is 23.2 Å². The summed E-state index contributed by atoms with van der Waals surface area (Å²) < 4.78 is 13.7. The molecular formula is C13H16FIN2O. The number of benzene rings is 1. The Hall–Kier alpha value is -0.690. The Kier molecular flexibility index (Phi) is 4.21. The van der Waals surface area contributed by atoms with E-state index in [9.17, 15) is 9.18 Å². The molecule has 98 valence electrons. The fraction of sp³-hybridized carbons (Fsp3) is 0.462. The molecule has 0 aliphatic heterocycles. The van der Waals surface area contributed by atoms with Crippen molar-refractivity contribution in [3.05, 3.63) is 33.1 Å². The van der Waals surface area contributed by atoms with Gasteiger partial charge in [0.1, 0.15) is 5.82 Å². The fourth-order valence-electron chi connectivity index (χ4n) is 2.15. The monoisotopic (exact) mass is 362 g/mol. The van der Waals surface area contributed by atoms with Crippen molar-refractivity contribution < 1.29 is 9.18 Å². The van der Waals surface area contributed by atoms with Crippen LogP contribution >= 0.6 is 22.6 Å². The lowest BCUT2D eigenvalue weighted by molar-refractivity contribution is 0.0717. The number of likely N-dealkylation sites (N-methyl/N-ethyl adjacent to an activating group) is 1. The zero-order valence-electron chi connectivity index (χ0n) is 10.2. The van der Waals surface area contributed by atoms with E-state index in [0.29, 0.717) is 21.6 Å². The molecule has 18 heavy (non-hydrogen) atoms. The number of carbonyl (C=O) groups is 1. The zero-order chi connectivity index (χ0) is 13.3. The number of carbonyl (C=O) groups excluding carboxylic acids is 1. The van der Waals surface area contributed by atoms with E-state index >= 15 is 0 Å². The van der Waals surface area contributed by atoms with E-state index in [1.165, 1.54) is 18.2 Å². The van der Waals surface area contributed by atoms with Crippen LogP contribution in [0.1, 0.15) is 23.2 Å². The van der Waals surface area contributed by atoms with Crippen molar-refractivity contribution in [2.75, 3.05) is 13.6 Å². The van der Waals surface area contributed by atoms with E-state index in [-0.39, 0.29) is 17.8 Å². The summed E-state index contributed by atoms with van der Waals surface area (Å²) in [5.41, 5.74) is 6.28. The highest BCUT2D eigenvalue weighted by Crippen LogP contribution is 2.35. The predicted octanol–water partition coefficient (Wildman–Crippen LogP) is 2.24. The van der Waals surface area contributed by atoms with Crippen LogP contribution in [0.25, 0.3) is 0 Å². The topological polar surface area (TPSA) is 46.3 Å². The number of hydrogen-bond donors (Lipinski definition) is 1. The van der Waals surface area contributed by atoms with Gasteiger partial charge in [0.05, 0.1) is 5.56 Å². The van der Waals surface area contributed by atoms with Crippen molar-refractivity contribution >= 4 is 28.5 Å². The number of amides is 1. The second kappa shape index (κ2) is 5.52. The molecule has 0 bridgehead atoms. The van der Waals surface area contributed by atoms with E-state index in [2.05, 4.69) is 0 Å². The minimum Gasteiger partial charge on any atom is -0.337 e. The van der Waals surface area contributed by atoms with Gasteiger partial charge in [-0.05, 0) is 59.5 Å². The third-order valence-electron chi connectivity index (χ3n) is 3.39. The summed E-state index contributed by atoms with van der Waals surface area (Å²) in [5, 5.41) is 0. The first kappa shape index (κ1) is 13.7. The first-order valence-electron chi connectivity index (χ1n) is 5.97. The Bertz CT molecular complexity index is 462. The quantitative estimate of drug-likeness (QED) is 0.836. The van der Waals surface area contributed by atoms with Gasteiger partial charge in [-0.2, -0.15) is 0 Å². The summed E-state index contributed by atoms with van der Waals surface area (Å²) in [6.45, 7) is 0.477. The van der Waals surface area contributed by atoms with Crippen LogP contribution in [0.5, 0.6) is 0 Å². The first-order valence-corrected chi connectivity index (χ1v) is 7.04. The summed E-state index contributed by atoms with van der Waals surface area (Å²) in [5.74, 6) is 0.125. The lowest BCUT2D eigenvalue weighted by Gasteiger charge is -2.27. The molecular weight excluding hydrogens is 346 g/mol. The molecule has 0 radical (unpaired) electrons. The molecule has 2 N–H and O–H groups in total. The largest absolute Gasteiger partial charge is 0.337 e. The summed E-state index contributed by atoms with van der Waals surface area (Å²) in [6.07, 6.45) is 2.28. The van der Waals surface area contributed by atoms with Gasteiger partial charge >= 0.3 is 0 Å². The highest BCUT2D eigenvalue weighted by atomic mass is 127. The van der Waals surface area contributed by atoms with Crippen LogP contribution in [0.15, 0.2) is 18.2 Å². The van der Waals surface area contributed by atoms with Crippen molar-refractivity contribution in [3.63, 3.8) is 0 Å². The third-order valence-corrected chi connectivity index (χ3v) is 4.28. The van der Waals surface area contributed by atoms with Crippen LogP contribution in [0.4, 0.5) is 4.39 Å². The Morgan fingerprint density at radius 3 is 2.78 bits per heavy atom. The van der Waals surface area contributed by atoms with Gasteiger partial charge < -0.3 is 10.6 Å². The van der Waals surface area contributed by atoms with Crippen molar-refractivity contribution in [1.82, 2.24) is 4.90 Å². The molecule has 0 aromatic heterocycles. The Balaban J connectivity index is 2.19. The van der Waals surface area contributed by atoms with E-state index in [4.69, 9.17) is 5.73 Å². The lowest BCUT2D eigenvalue weighted by atomic mass is 10.1. The molecule has 1 atom stereocenters. The highest BCUT2D eigenvalue weighted by molar-refractivity contribution is 14.1. The minimum atomic E-state index is -0.323. The maximum absolute atomic E-state index is 13.0. The van der Waals surface area contributed by atoms with E-state index in [0.717, 1.165) is 12.8 Å². The molecule has 0 saturated heterocycles. The van der Waals surface area contributed by atoms with Crippen molar-refractivity contribution in [2.45, 2.75) is 18.9 Å². The summed E-state index contributed by atoms with van der Waals surface area (Å²) in [7, 11) is 1.78. The third kappa shape index (κ3) is 2.83. The van der Waals surface area contributed by atoms with Crippen molar-refractivity contribution in [2.24, 2.45) is 11.7 Å². The fourth-order valence-corrected chi connectivity index (χ4v) is 2.86. The normalized spacial score (nSPS) is 16.4. The number of hydrogen-bond acceptors (Lipinski definition) is 2. The number of nitrogens with two attached hydrogens (primary N) is 1. The van der Waals surface area contributed by atoms with E-state index < -0.39 is 0 Å². The van der Waals surface area contributed by atoms with Crippen LogP contribution in [-0.2, 0) is 0 Å². The molecule has 5 heteroatoms. The Morgan fingerprint density at radius 1 is 1.61 bits per heavy atom. The smallest absolute Gasteiger partial charge is 0.254 e. The van der Waals surface area contributed by atoms with Gasteiger partial charge in [-0.1, -0.05) is 0 Å². The SMILES string of the molecule is CN(C(=O)c1ccc(F)cc1I)C(CN)C1CC1. The molecule has 0 spiro atoms. The van der Waals surface area contributed by atoms with Gasteiger partial charge in [0.2, 0.25) is 0 Å². The van der Waals surface area contributed by atoms with Crippen LogP contribution in [0.3, 0.4) is 0 Å². The average Bonchev–Trinajstić information content (AvgIpc) is 3.13. The van der Waals surface area contributed by atoms with E-state index in [1.54, 1.807) is 11.9 Å². The molecule has 1 aromatic carbocycles. The number of nitrogens with zero attached hydrogens (tertiary/aromatic N) is 1. The Morgan fingerprint density at radius 2 is 2.28 bits per heavy atom. The number of halogens is 2. The van der Waals surface area contributed by atoms with Crippen LogP contribution in [0, 0.1) is 15.3 Å². The summed E-state index contributed by atoms with van der Waals surface area (Å²) in [4.78, 5) is 14.1. The van der Waals surface area contributed by atoms with Gasteiger partial charge in [-0.3, -0.25) is 4.79 Å². The Labute approximate surface area is 120 Å². The molecule has 0 heterocycles. The molecule has 1 amide bonds. The summed E-state index contributed by atoms with van der Waals surface area (Å²) in [6, 6.07) is 4.32. The van der Waals surface area contributed by atoms with Gasteiger partial charge in [0.15, 0.2) is 0 Å². The zero-order valence-corrected chi connectivity index (χ0v) is 12.4. The van der Waals surface area contributed by atoms with Crippen molar-refractivity contribution in [1.29, 1.82) is 0 Å². The first-order chi connectivity index (χ1) is 8.54. The maximum Gasteiger partial charge on any atom is 0.254 e. The van der Waals surface area contributed by atoms with Gasteiger partial charge in [0.25, 0.3) is 5.91 Å². The summed E-state index contributed by atoms with van der Waals surface area (Å²) >= 11 is 1.98. The highest BCUT2D eigenvalue weighted by Gasteiger charge is 2.35. The molecule has 1 aliphatic carbocycles. The average molecular weight is 362 g/mol. The van der Waals surface area contributed by atoms with Crippen molar-refractivity contribution in [3.8, 4) is 0 Å². The second-order valence-corrected chi connectivity index (χ2v) is 5.84. The lowest BCUT2D eigenvalue weighted by Crippen LogP contribution is -2.43. The molecule has 2 rings (SSSR count). The van der Waals surface area contributed by atoms with Crippen LogP contribution in [-0.4, -0.2) is 30.4 Å². The molecule has 1 aliphatic rings. The molecule has 1 unspecified atom stereocenters. The number of rotatable bonds is 4. The minimum absolute atomic E-state index is 0.0817. The molecule has 1 fully saturated rings. The molecule has 1 saturated carbocycles. The molecule has 1 aromatic rings. The van der Waals surface area contributed by atoms with Gasteiger partial charge in [-0.15, -0.1) is 0 Å².